The number of amides is 2. The van der Waals surface area contributed by atoms with E-state index >= 15 is 0 Å². The van der Waals surface area contributed by atoms with E-state index in [1.165, 1.54) is 0 Å². The predicted octanol–water partition coefficient (Wildman–Crippen LogP) is 2.13. The van der Waals surface area contributed by atoms with Crippen LogP contribution in [0.25, 0.3) is 10.2 Å². The summed E-state index contributed by atoms with van der Waals surface area (Å²) in [5.41, 5.74) is 0.981. The lowest BCUT2D eigenvalue weighted by Gasteiger charge is -2.29. The van der Waals surface area contributed by atoms with Crippen LogP contribution in [0.1, 0.15) is 59.9 Å². The number of ether oxygens (including phenoxy) is 1. The summed E-state index contributed by atoms with van der Waals surface area (Å²) >= 11 is 1.54. The SMILES string of the molecule is CNC(=O)CNC1CCC(NC(=O)c2cc3c(C)nn(C4CCOCC4)c3s2)CC1. The minimum atomic E-state index is 0.00444. The van der Waals surface area contributed by atoms with Crippen molar-refractivity contribution in [1.29, 1.82) is 0 Å². The van der Waals surface area contributed by atoms with E-state index in [-0.39, 0.29) is 17.9 Å². The molecule has 2 aliphatic rings. The van der Waals surface area contributed by atoms with Crippen LogP contribution >= 0.6 is 11.3 Å². The maximum Gasteiger partial charge on any atom is 0.261 e. The van der Waals surface area contributed by atoms with Gasteiger partial charge in [-0.15, -0.1) is 11.3 Å². The molecule has 0 radical (unpaired) electrons. The largest absolute Gasteiger partial charge is 0.381 e. The third-order valence-electron chi connectivity index (χ3n) is 6.22. The minimum absolute atomic E-state index is 0.00444. The molecule has 0 bridgehead atoms. The highest BCUT2D eigenvalue weighted by molar-refractivity contribution is 7.20. The van der Waals surface area contributed by atoms with Gasteiger partial charge in [0.05, 0.1) is 23.2 Å². The lowest BCUT2D eigenvalue weighted by atomic mass is 9.91. The molecule has 8 nitrogen and oxygen atoms in total. The van der Waals surface area contributed by atoms with E-state index in [4.69, 9.17) is 9.84 Å². The van der Waals surface area contributed by atoms with Crippen molar-refractivity contribution in [2.24, 2.45) is 0 Å². The van der Waals surface area contributed by atoms with Crippen molar-refractivity contribution in [2.45, 2.75) is 63.6 Å². The second-order valence-electron chi connectivity index (χ2n) is 8.28. The Morgan fingerprint density at radius 2 is 1.87 bits per heavy atom. The van der Waals surface area contributed by atoms with Crippen LogP contribution in [0.5, 0.6) is 0 Å². The first-order valence-electron chi connectivity index (χ1n) is 10.9. The van der Waals surface area contributed by atoms with Gasteiger partial charge in [0, 0.05) is 37.7 Å². The Bertz CT molecular complexity index is 894. The number of aryl methyl sites for hydroxylation is 1. The van der Waals surface area contributed by atoms with Crippen molar-refractivity contribution in [3.05, 3.63) is 16.6 Å². The first-order valence-corrected chi connectivity index (χ1v) is 11.7. The Balaban J connectivity index is 1.35. The van der Waals surface area contributed by atoms with E-state index in [9.17, 15) is 9.59 Å². The average molecular weight is 434 g/mol. The van der Waals surface area contributed by atoms with Crippen LogP contribution in [-0.2, 0) is 9.53 Å². The second kappa shape index (κ2) is 9.45. The van der Waals surface area contributed by atoms with Gasteiger partial charge >= 0.3 is 0 Å². The molecule has 0 atom stereocenters. The van der Waals surface area contributed by atoms with Crippen LogP contribution in [0.15, 0.2) is 6.07 Å². The second-order valence-corrected chi connectivity index (χ2v) is 9.31. The lowest BCUT2D eigenvalue weighted by molar-refractivity contribution is -0.119. The number of hydrogen-bond acceptors (Lipinski definition) is 6. The first kappa shape index (κ1) is 21.3. The van der Waals surface area contributed by atoms with E-state index in [0.29, 0.717) is 18.6 Å². The highest BCUT2D eigenvalue weighted by Crippen LogP contribution is 2.33. The highest BCUT2D eigenvalue weighted by atomic mass is 32.1. The smallest absolute Gasteiger partial charge is 0.261 e. The third-order valence-corrected chi connectivity index (χ3v) is 7.34. The molecule has 1 saturated carbocycles. The maximum atomic E-state index is 12.9. The lowest BCUT2D eigenvalue weighted by Crippen LogP contribution is -2.44. The third kappa shape index (κ3) is 4.68. The van der Waals surface area contributed by atoms with Crippen molar-refractivity contribution in [3.8, 4) is 0 Å². The Morgan fingerprint density at radius 1 is 1.17 bits per heavy atom. The van der Waals surface area contributed by atoms with Crippen molar-refractivity contribution in [3.63, 3.8) is 0 Å². The number of carbonyl (C=O) groups is 2. The predicted molar refractivity (Wildman–Crippen MR) is 117 cm³/mol. The zero-order valence-corrected chi connectivity index (χ0v) is 18.5. The number of aromatic nitrogens is 2. The van der Waals surface area contributed by atoms with Gasteiger partial charge in [-0.3, -0.25) is 14.3 Å². The molecule has 0 unspecified atom stereocenters. The van der Waals surface area contributed by atoms with E-state index < -0.39 is 0 Å². The van der Waals surface area contributed by atoms with Gasteiger partial charge < -0.3 is 20.7 Å². The monoisotopic (exact) mass is 433 g/mol. The van der Waals surface area contributed by atoms with Gasteiger partial charge in [0.25, 0.3) is 5.91 Å². The van der Waals surface area contributed by atoms with Gasteiger partial charge in [0.15, 0.2) is 0 Å². The summed E-state index contributed by atoms with van der Waals surface area (Å²) < 4.78 is 7.59. The number of rotatable bonds is 6. The van der Waals surface area contributed by atoms with Gasteiger partial charge in [-0.1, -0.05) is 0 Å². The van der Waals surface area contributed by atoms with Crippen LogP contribution in [0.3, 0.4) is 0 Å². The van der Waals surface area contributed by atoms with Crippen LogP contribution in [-0.4, -0.2) is 60.5 Å². The molecule has 1 aliphatic carbocycles. The highest BCUT2D eigenvalue weighted by Gasteiger charge is 2.26. The first-order chi connectivity index (χ1) is 14.5. The molecule has 4 rings (SSSR count). The summed E-state index contributed by atoms with van der Waals surface area (Å²) in [4.78, 5) is 26.1. The quantitative estimate of drug-likeness (QED) is 0.648. The van der Waals surface area contributed by atoms with E-state index in [1.807, 2.05) is 13.0 Å². The van der Waals surface area contributed by atoms with E-state index in [1.54, 1.807) is 18.4 Å². The summed E-state index contributed by atoms with van der Waals surface area (Å²) in [6.45, 7) is 3.90. The summed E-state index contributed by atoms with van der Waals surface area (Å²) in [7, 11) is 1.65. The molecule has 2 fully saturated rings. The fourth-order valence-corrected chi connectivity index (χ4v) is 5.52. The number of thiophene rings is 1. The fraction of sp³-hybridized carbons (Fsp3) is 0.667. The molecule has 3 N–H and O–H groups in total. The Morgan fingerprint density at radius 3 is 2.57 bits per heavy atom. The molecule has 30 heavy (non-hydrogen) atoms. The van der Waals surface area contributed by atoms with Gasteiger partial charge in [0.2, 0.25) is 5.91 Å². The zero-order chi connectivity index (χ0) is 21.1. The molecule has 1 aliphatic heterocycles. The van der Waals surface area contributed by atoms with Crippen LogP contribution in [0.4, 0.5) is 0 Å². The molecular formula is C21H31N5O3S. The van der Waals surface area contributed by atoms with Gasteiger partial charge in [-0.25, -0.2) is 0 Å². The maximum absolute atomic E-state index is 12.9. The van der Waals surface area contributed by atoms with Gasteiger partial charge in [0.1, 0.15) is 4.83 Å². The van der Waals surface area contributed by atoms with E-state index in [0.717, 1.165) is 72.5 Å². The molecule has 0 aromatic carbocycles. The van der Waals surface area contributed by atoms with Crippen molar-refractivity contribution in [1.82, 2.24) is 25.7 Å². The summed E-state index contributed by atoms with van der Waals surface area (Å²) in [6.07, 6.45) is 5.71. The molecule has 9 heteroatoms. The standard InChI is InChI=1S/C21H31N5O3S/c1-13-17-11-18(30-21(17)26(25-13)16-7-9-29-10-8-16)20(28)24-15-5-3-14(4-6-15)23-12-19(27)22-2/h11,14-16,23H,3-10,12H2,1-2H3,(H,22,27)(H,24,28). The molecule has 164 valence electrons. The van der Waals surface area contributed by atoms with Crippen molar-refractivity contribution >= 4 is 33.4 Å². The Hall–Kier alpha value is -1.97. The molecular weight excluding hydrogens is 402 g/mol. The number of carbonyl (C=O) groups excluding carboxylic acids is 2. The molecule has 0 spiro atoms. The van der Waals surface area contributed by atoms with Crippen LogP contribution in [0.2, 0.25) is 0 Å². The normalized spacial score (nSPS) is 22.9. The zero-order valence-electron chi connectivity index (χ0n) is 17.7. The molecule has 3 heterocycles. The fourth-order valence-electron chi connectivity index (χ4n) is 4.38. The van der Waals surface area contributed by atoms with Crippen LogP contribution in [0, 0.1) is 6.92 Å². The van der Waals surface area contributed by atoms with Crippen molar-refractivity contribution < 1.29 is 14.3 Å². The number of nitrogens with one attached hydrogen (secondary N) is 3. The summed E-state index contributed by atoms with van der Waals surface area (Å²) in [6, 6.07) is 2.87. The van der Waals surface area contributed by atoms with Gasteiger partial charge in [-0.2, -0.15) is 5.10 Å². The molecule has 2 aromatic heterocycles. The number of hydrogen-bond donors (Lipinski definition) is 3. The topological polar surface area (TPSA) is 97.3 Å². The number of fused-ring (bicyclic) bond motifs is 1. The number of likely N-dealkylation sites (N-methyl/N-ethyl adjacent to an activating group) is 1. The Kier molecular flexibility index (Phi) is 6.70. The number of nitrogens with zero attached hydrogens (tertiary/aromatic N) is 2. The molecule has 1 saturated heterocycles. The van der Waals surface area contributed by atoms with Crippen LogP contribution < -0.4 is 16.0 Å². The van der Waals surface area contributed by atoms with Crippen molar-refractivity contribution in [2.75, 3.05) is 26.8 Å². The summed E-state index contributed by atoms with van der Waals surface area (Å²) in [5, 5.41) is 15.0. The summed E-state index contributed by atoms with van der Waals surface area (Å²) in [5.74, 6) is 0.0145. The molecule has 2 amide bonds. The Labute approximate surface area is 180 Å². The minimum Gasteiger partial charge on any atom is -0.381 e. The van der Waals surface area contributed by atoms with Gasteiger partial charge in [-0.05, 0) is 51.5 Å². The average Bonchev–Trinajstić information content (AvgIpc) is 3.34. The van der Waals surface area contributed by atoms with E-state index in [2.05, 4.69) is 20.6 Å². The molecule has 2 aromatic rings.